The van der Waals surface area contributed by atoms with E-state index in [0.29, 0.717) is 18.1 Å². The Kier molecular flexibility index (Phi) is 6.00. The Labute approximate surface area is 180 Å². The van der Waals surface area contributed by atoms with Crippen LogP contribution in [0.5, 0.6) is 5.75 Å². The molecule has 4 aromatic rings. The van der Waals surface area contributed by atoms with E-state index in [-0.39, 0.29) is 11.8 Å². The van der Waals surface area contributed by atoms with Crippen molar-refractivity contribution >= 4 is 28.4 Å². The molecule has 5 nitrogen and oxygen atoms in total. The van der Waals surface area contributed by atoms with Crippen LogP contribution in [0.15, 0.2) is 73.1 Å². The number of hydrogen-bond donors (Lipinski definition) is 2. The number of nitrogens with zero attached hydrogens (tertiary/aromatic N) is 1. The first-order valence-electron chi connectivity index (χ1n) is 9.71. The quantitative estimate of drug-likeness (QED) is 0.411. The minimum absolute atomic E-state index is 0.0314. The molecule has 1 atom stereocenters. The van der Waals surface area contributed by atoms with E-state index in [9.17, 15) is 4.79 Å². The van der Waals surface area contributed by atoms with Crippen LogP contribution >= 0.6 is 11.6 Å². The fourth-order valence-electron chi connectivity index (χ4n) is 3.59. The van der Waals surface area contributed by atoms with Gasteiger partial charge in [-0.25, -0.2) is 4.98 Å². The van der Waals surface area contributed by atoms with Crippen molar-refractivity contribution in [2.24, 2.45) is 0 Å². The second-order valence-corrected chi connectivity index (χ2v) is 7.48. The summed E-state index contributed by atoms with van der Waals surface area (Å²) in [6, 6.07) is 19.4. The third-order valence-electron chi connectivity index (χ3n) is 5.17. The molecule has 0 radical (unpaired) electrons. The zero-order valence-electron chi connectivity index (χ0n) is 16.6. The molecule has 0 aliphatic heterocycles. The number of pyridine rings is 1. The fraction of sp³-hybridized carbons (Fsp3) is 0.167. The molecule has 0 aliphatic carbocycles. The molecule has 0 saturated carbocycles. The fourth-order valence-corrected chi connectivity index (χ4v) is 3.70. The average Bonchev–Trinajstić information content (AvgIpc) is 3.20. The molecule has 1 amide bonds. The van der Waals surface area contributed by atoms with Crippen LogP contribution in [-0.4, -0.2) is 23.0 Å². The number of carbonyl (C=O) groups excluding carboxylic acids is 1. The van der Waals surface area contributed by atoms with Crippen molar-refractivity contribution in [1.82, 2.24) is 15.3 Å². The number of benzene rings is 2. The number of ether oxygens (including phenoxy) is 1. The standard InChI is InChI=1S/C24H22ClN3O2/c1-30-18-8-9-22-20(11-18)21(15-26-22)19(17-7-10-23(25)27-14-17)12-24(29)28-13-16-5-3-2-4-6-16/h2-11,14-15,19,26H,12-13H2,1H3,(H,28,29). The molecule has 4 rings (SSSR count). The maximum Gasteiger partial charge on any atom is 0.221 e. The summed E-state index contributed by atoms with van der Waals surface area (Å²) in [6.45, 7) is 0.493. The topological polar surface area (TPSA) is 67.0 Å². The largest absolute Gasteiger partial charge is 0.497 e. The molecule has 0 bridgehead atoms. The average molecular weight is 420 g/mol. The van der Waals surface area contributed by atoms with Gasteiger partial charge in [0.2, 0.25) is 5.91 Å². The van der Waals surface area contributed by atoms with Crippen molar-refractivity contribution < 1.29 is 9.53 Å². The van der Waals surface area contributed by atoms with Crippen molar-refractivity contribution in [2.75, 3.05) is 7.11 Å². The molecule has 6 heteroatoms. The van der Waals surface area contributed by atoms with Crippen LogP contribution in [-0.2, 0) is 11.3 Å². The zero-order chi connectivity index (χ0) is 20.9. The smallest absolute Gasteiger partial charge is 0.221 e. The lowest BCUT2D eigenvalue weighted by Gasteiger charge is -2.17. The highest BCUT2D eigenvalue weighted by molar-refractivity contribution is 6.29. The van der Waals surface area contributed by atoms with E-state index >= 15 is 0 Å². The predicted molar refractivity (Wildman–Crippen MR) is 119 cm³/mol. The number of hydrogen-bond acceptors (Lipinski definition) is 3. The van der Waals surface area contributed by atoms with Crippen LogP contribution in [0, 0.1) is 0 Å². The summed E-state index contributed by atoms with van der Waals surface area (Å²) in [5.41, 5.74) is 4.00. The number of amides is 1. The van der Waals surface area contributed by atoms with Crippen LogP contribution in [0.2, 0.25) is 5.15 Å². The maximum absolute atomic E-state index is 12.8. The number of carbonyl (C=O) groups is 1. The maximum atomic E-state index is 12.8. The number of rotatable bonds is 7. The van der Waals surface area contributed by atoms with E-state index in [4.69, 9.17) is 16.3 Å². The number of halogens is 1. The van der Waals surface area contributed by atoms with Crippen LogP contribution < -0.4 is 10.1 Å². The van der Waals surface area contributed by atoms with Gasteiger partial charge in [0.1, 0.15) is 10.9 Å². The summed E-state index contributed by atoms with van der Waals surface area (Å²) in [4.78, 5) is 20.4. The van der Waals surface area contributed by atoms with Crippen LogP contribution in [0.3, 0.4) is 0 Å². The van der Waals surface area contributed by atoms with E-state index < -0.39 is 0 Å². The van der Waals surface area contributed by atoms with Crippen molar-refractivity contribution in [3.63, 3.8) is 0 Å². The summed E-state index contributed by atoms with van der Waals surface area (Å²) in [7, 11) is 1.64. The number of fused-ring (bicyclic) bond motifs is 1. The van der Waals surface area contributed by atoms with Gasteiger partial charge in [0.25, 0.3) is 0 Å². The Hall–Kier alpha value is -3.31. The molecular weight excluding hydrogens is 398 g/mol. The second-order valence-electron chi connectivity index (χ2n) is 7.09. The lowest BCUT2D eigenvalue weighted by Crippen LogP contribution is -2.25. The Morgan fingerprint density at radius 1 is 1.17 bits per heavy atom. The molecule has 2 heterocycles. The van der Waals surface area contributed by atoms with Gasteiger partial charge >= 0.3 is 0 Å². The van der Waals surface area contributed by atoms with Gasteiger partial charge in [-0.1, -0.05) is 48.0 Å². The van der Waals surface area contributed by atoms with Crippen molar-refractivity contribution in [2.45, 2.75) is 18.9 Å². The van der Waals surface area contributed by atoms with Crippen molar-refractivity contribution in [3.8, 4) is 5.75 Å². The highest BCUT2D eigenvalue weighted by Crippen LogP contribution is 2.35. The first-order chi connectivity index (χ1) is 14.6. The zero-order valence-corrected chi connectivity index (χ0v) is 17.3. The third-order valence-corrected chi connectivity index (χ3v) is 5.39. The molecule has 2 N–H and O–H groups in total. The Morgan fingerprint density at radius 3 is 2.73 bits per heavy atom. The van der Waals surface area contributed by atoms with Gasteiger partial charge in [-0.3, -0.25) is 4.79 Å². The number of aromatic amines is 1. The van der Waals surface area contributed by atoms with Gasteiger partial charge in [-0.2, -0.15) is 0 Å². The molecule has 0 spiro atoms. The van der Waals surface area contributed by atoms with Gasteiger partial charge in [0, 0.05) is 42.2 Å². The summed E-state index contributed by atoms with van der Waals surface area (Å²) in [6.07, 6.45) is 3.98. The molecule has 30 heavy (non-hydrogen) atoms. The van der Waals surface area contributed by atoms with E-state index in [1.54, 1.807) is 19.4 Å². The molecule has 0 aliphatic rings. The molecule has 2 aromatic heterocycles. The van der Waals surface area contributed by atoms with E-state index in [0.717, 1.165) is 33.3 Å². The number of methoxy groups -OCH3 is 1. The molecule has 0 saturated heterocycles. The lowest BCUT2D eigenvalue weighted by atomic mass is 9.89. The molecule has 1 unspecified atom stereocenters. The van der Waals surface area contributed by atoms with E-state index in [1.165, 1.54) is 0 Å². The minimum Gasteiger partial charge on any atom is -0.497 e. The van der Waals surface area contributed by atoms with Crippen LogP contribution in [0.25, 0.3) is 10.9 Å². The van der Waals surface area contributed by atoms with Crippen LogP contribution in [0.4, 0.5) is 0 Å². The minimum atomic E-state index is -0.175. The number of nitrogens with one attached hydrogen (secondary N) is 2. The third kappa shape index (κ3) is 4.47. The Morgan fingerprint density at radius 2 is 2.00 bits per heavy atom. The molecule has 152 valence electrons. The van der Waals surface area contributed by atoms with E-state index in [1.807, 2.05) is 60.8 Å². The highest BCUT2D eigenvalue weighted by atomic mass is 35.5. The molecular formula is C24H22ClN3O2. The normalized spacial score (nSPS) is 11.9. The highest BCUT2D eigenvalue weighted by Gasteiger charge is 2.22. The van der Waals surface area contributed by atoms with Crippen molar-refractivity contribution in [3.05, 3.63) is 94.9 Å². The van der Waals surface area contributed by atoms with E-state index in [2.05, 4.69) is 15.3 Å². The van der Waals surface area contributed by atoms with Gasteiger partial charge in [-0.15, -0.1) is 0 Å². The number of aromatic nitrogens is 2. The number of H-pyrrole nitrogens is 1. The van der Waals surface area contributed by atoms with Gasteiger partial charge < -0.3 is 15.0 Å². The Balaban J connectivity index is 1.63. The SMILES string of the molecule is COc1ccc2[nH]cc(C(CC(=O)NCc3ccccc3)c3ccc(Cl)nc3)c2c1. The lowest BCUT2D eigenvalue weighted by molar-refractivity contribution is -0.121. The van der Waals surface area contributed by atoms with Gasteiger partial charge in [-0.05, 0) is 41.0 Å². The van der Waals surface area contributed by atoms with Gasteiger partial charge in [0.05, 0.1) is 7.11 Å². The summed E-state index contributed by atoms with van der Waals surface area (Å²) >= 11 is 5.99. The monoisotopic (exact) mass is 419 g/mol. The predicted octanol–water partition coefficient (Wildman–Crippen LogP) is 5.06. The first kappa shape index (κ1) is 20.0. The summed E-state index contributed by atoms with van der Waals surface area (Å²) < 4.78 is 5.39. The van der Waals surface area contributed by atoms with Crippen molar-refractivity contribution in [1.29, 1.82) is 0 Å². The Bertz CT molecular complexity index is 1140. The van der Waals surface area contributed by atoms with Crippen LogP contribution in [0.1, 0.15) is 29.0 Å². The first-order valence-corrected chi connectivity index (χ1v) is 10.1. The van der Waals surface area contributed by atoms with Gasteiger partial charge in [0.15, 0.2) is 0 Å². The summed E-state index contributed by atoms with van der Waals surface area (Å²) in [5.74, 6) is 0.562. The summed E-state index contributed by atoms with van der Waals surface area (Å²) in [5, 5.41) is 4.46. The molecule has 2 aromatic carbocycles. The molecule has 0 fully saturated rings. The second kappa shape index (κ2) is 9.01.